The number of halogens is 2. The number of guanidine groups is 1. The van der Waals surface area contributed by atoms with Crippen molar-refractivity contribution in [1.29, 1.82) is 0 Å². The van der Waals surface area contributed by atoms with Crippen molar-refractivity contribution in [2.45, 2.75) is 13.1 Å². The lowest BCUT2D eigenvalue weighted by Crippen LogP contribution is -2.38. The third kappa shape index (κ3) is 6.07. The van der Waals surface area contributed by atoms with E-state index in [1.807, 2.05) is 47.2 Å². The molecule has 3 rings (SSSR count). The van der Waals surface area contributed by atoms with Crippen LogP contribution in [0.15, 0.2) is 53.5 Å². The van der Waals surface area contributed by atoms with Crippen molar-refractivity contribution < 1.29 is 9.13 Å². The van der Waals surface area contributed by atoms with Crippen LogP contribution in [0.3, 0.4) is 0 Å². The van der Waals surface area contributed by atoms with E-state index in [0.717, 1.165) is 31.2 Å². The van der Waals surface area contributed by atoms with Gasteiger partial charge in [0, 0.05) is 40.3 Å². The Kier molecular flexibility index (Phi) is 8.98. The Morgan fingerprint density at radius 2 is 1.86 bits per heavy atom. The molecule has 7 heteroatoms. The molecule has 1 aliphatic rings. The van der Waals surface area contributed by atoms with Gasteiger partial charge in [-0.25, -0.2) is 4.39 Å². The molecular formula is C21H28FIN4O. The first-order chi connectivity index (χ1) is 13.2. The van der Waals surface area contributed by atoms with Gasteiger partial charge in [-0.05, 0) is 23.3 Å². The number of hydrogen-bond donors (Lipinski definition) is 1. The molecule has 0 bridgehead atoms. The number of anilines is 1. The van der Waals surface area contributed by atoms with E-state index in [1.54, 1.807) is 13.1 Å². The van der Waals surface area contributed by atoms with Gasteiger partial charge in [0.1, 0.15) is 5.82 Å². The molecular weight excluding hydrogens is 470 g/mol. The highest BCUT2D eigenvalue weighted by Crippen LogP contribution is 2.21. The molecule has 0 amide bonds. The summed E-state index contributed by atoms with van der Waals surface area (Å²) < 4.78 is 19.9. The summed E-state index contributed by atoms with van der Waals surface area (Å²) in [5.74, 6) is 0.584. The minimum atomic E-state index is -0.191. The van der Waals surface area contributed by atoms with Crippen LogP contribution < -0.4 is 10.2 Å². The van der Waals surface area contributed by atoms with Crippen molar-refractivity contribution in [1.82, 2.24) is 10.2 Å². The smallest absolute Gasteiger partial charge is 0.193 e. The summed E-state index contributed by atoms with van der Waals surface area (Å²) >= 11 is 0. The first kappa shape index (κ1) is 22.4. The molecule has 2 aromatic rings. The summed E-state index contributed by atoms with van der Waals surface area (Å²) in [5, 5.41) is 3.31. The Bertz CT molecular complexity index is 766. The van der Waals surface area contributed by atoms with Gasteiger partial charge >= 0.3 is 0 Å². The molecule has 1 fully saturated rings. The predicted octanol–water partition coefficient (Wildman–Crippen LogP) is 3.49. The van der Waals surface area contributed by atoms with Crippen molar-refractivity contribution >= 4 is 35.6 Å². The Morgan fingerprint density at radius 1 is 1.14 bits per heavy atom. The van der Waals surface area contributed by atoms with Crippen LogP contribution >= 0.6 is 24.0 Å². The second-order valence-electron chi connectivity index (χ2n) is 6.63. The SMILES string of the molecule is CN=C(NCc1ccc(N2CCOCC2)c(F)c1)N(C)Cc1ccccc1.I. The average Bonchev–Trinajstić information content (AvgIpc) is 2.70. The van der Waals surface area contributed by atoms with E-state index in [1.165, 1.54) is 5.56 Å². The molecule has 1 saturated heterocycles. The minimum Gasteiger partial charge on any atom is -0.378 e. The van der Waals surface area contributed by atoms with Crippen LogP contribution in [0.1, 0.15) is 11.1 Å². The normalized spacial score (nSPS) is 14.4. The van der Waals surface area contributed by atoms with E-state index in [2.05, 4.69) is 22.4 Å². The van der Waals surface area contributed by atoms with Crippen LogP contribution in [-0.2, 0) is 17.8 Å². The van der Waals surface area contributed by atoms with Crippen LogP contribution in [0.5, 0.6) is 0 Å². The van der Waals surface area contributed by atoms with Gasteiger partial charge < -0.3 is 19.9 Å². The number of rotatable bonds is 5. The number of nitrogens with one attached hydrogen (secondary N) is 1. The summed E-state index contributed by atoms with van der Waals surface area (Å²) in [6.45, 7) is 4.02. The molecule has 1 heterocycles. The van der Waals surface area contributed by atoms with Gasteiger partial charge in [-0.1, -0.05) is 36.4 Å². The molecule has 0 atom stereocenters. The quantitative estimate of drug-likeness (QED) is 0.390. The van der Waals surface area contributed by atoms with E-state index in [9.17, 15) is 4.39 Å². The van der Waals surface area contributed by atoms with Crippen LogP contribution in [0.25, 0.3) is 0 Å². The largest absolute Gasteiger partial charge is 0.378 e. The molecule has 0 radical (unpaired) electrons. The summed E-state index contributed by atoms with van der Waals surface area (Å²) in [7, 11) is 3.75. The summed E-state index contributed by atoms with van der Waals surface area (Å²) in [5.41, 5.74) is 2.75. The molecule has 0 aromatic heterocycles. The number of aliphatic imine (C=N–C) groups is 1. The lowest BCUT2D eigenvalue weighted by Gasteiger charge is -2.29. The molecule has 1 aliphatic heterocycles. The van der Waals surface area contributed by atoms with Gasteiger partial charge in [-0.2, -0.15) is 0 Å². The summed E-state index contributed by atoms with van der Waals surface area (Å²) in [6, 6.07) is 15.6. The first-order valence-corrected chi connectivity index (χ1v) is 9.24. The maximum absolute atomic E-state index is 14.5. The van der Waals surface area contributed by atoms with Crippen molar-refractivity contribution in [3.05, 3.63) is 65.5 Å². The van der Waals surface area contributed by atoms with Gasteiger partial charge in [0.15, 0.2) is 5.96 Å². The van der Waals surface area contributed by atoms with Crippen LogP contribution in [0.4, 0.5) is 10.1 Å². The standard InChI is InChI=1S/C21H27FN4O.HI/c1-23-21(25(2)16-17-6-4-3-5-7-17)24-15-18-8-9-20(19(22)14-18)26-10-12-27-13-11-26;/h3-9,14H,10-13,15-16H2,1-2H3,(H,23,24);1H. The van der Waals surface area contributed by atoms with Crippen molar-refractivity contribution in [2.75, 3.05) is 45.3 Å². The molecule has 2 aromatic carbocycles. The lowest BCUT2D eigenvalue weighted by atomic mass is 10.1. The Labute approximate surface area is 183 Å². The monoisotopic (exact) mass is 498 g/mol. The van der Waals surface area contributed by atoms with E-state index < -0.39 is 0 Å². The van der Waals surface area contributed by atoms with Crippen molar-refractivity contribution in [2.24, 2.45) is 4.99 Å². The van der Waals surface area contributed by atoms with Gasteiger partial charge in [0.05, 0.1) is 18.9 Å². The highest BCUT2D eigenvalue weighted by atomic mass is 127. The molecule has 152 valence electrons. The number of nitrogens with zero attached hydrogens (tertiary/aromatic N) is 3. The molecule has 5 nitrogen and oxygen atoms in total. The fourth-order valence-corrected chi connectivity index (χ4v) is 3.22. The molecule has 0 aliphatic carbocycles. The summed E-state index contributed by atoms with van der Waals surface area (Å²) in [6.07, 6.45) is 0. The molecule has 0 spiro atoms. The third-order valence-electron chi connectivity index (χ3n) is 4.65. The van der Waals surface area contributed by atoms with Crippen molar-refractivity contribution in [3.63, 3.8) is 0 Å². The first-order valence-electron chi connectivity index (χ1n) is 9.24. The van der Waals surface area contributed by atoms with Crippen LogP contribution in [-0.4, -0.2) is 51.3 Å². The Balaban J connectivity index is 0.00000280. The van der Waals surface area contributed by atoms with E-state index in [0.29, 0.717) is 25.4 Å². The second-order valence-corrected chi connectivity index (χ2v) is 6.63. The highest BCUT2D eigenvalue weighted by molar-refractivity contribution is 14.0. The van der Waals surface area contributed by atoms with Gasteiger partial charge in [-0.15, -0.1) is 24.0 Å². The Morgan fingerprint density at radius 3 is 2.50 bits per heavy atom. The van der Waals surface area contributed by atoms with E-state index in [-0.39, 0.29) is 29.8 Å². The van der Waals surface area contributed by atoms with Crippen molar-refractivity contribution in [3.8, 4) is 0 Å². The topological polar surface area (TPSA) is 40.1 Å². The van der Waals surface area contributed by atoms with Crippen LogP contribution in [0.2, 0.25) is 0 Å². The number of morpholine rings is 1. The number of ether oxygens (including phenoxy) is 1. The third-order valence-corrected chi connectivity index (χ3v) is 4.65. The highest BCUT2D eigenvalue weighted by Gasteiger charge is 2.15. The zero-order chi connectivity index (χ0) is 19.1. The lowest BCUT2D eigenvalue weighted by molar-refractivity contribution is 0.122. The average molecular weight is 498 g/mol. The maximum Gasteiger partial charge on any atom is 0.193 e. The number of hydrogen-bond acceptors (Lipinski definition) is 3. The zero-order valence-electron chi connectivity index (χ0n) is 16.4. The number of benzene rings is 2. The van der Waals surface area contributed by atoms with Gasteiger partial charge in [0.25, 0.3) is 0 Å². The molecule has 0 unspecified atom stereocenters. The predicted molar refractivity (Wildman–Crippen MR) is 123 cm³/mol. The van der Waals surface area contributed by atoms with E-state index in [4.69, 9.17) is 4.74 Å². The minimum absolute atomic E-state index is 0. The van der Waals surface area contributed by atoms with Gasteiger partial charge in [-0.3, -0.25) is 4.99 Å². The Hall–Kier alpha value is -1.87. The second kappa shape index (κ2) is 11.2. The summed E-state index contributed by atoms with van der Waals surface area (Å²) in [4.78, 5) is 8.41. The molecule has 28 heavy (non-hydrogen) atoms. The van der Waals surface area contributed by atoms with Crippen LogP contribution in [0, 0.1) is 5.82 Å². The molecule has 0 saturated carbocycles. The maximum atomic E-state index is 14.5. The fraction of sp³-hybridized carbons (Fsp3) is 0.381. The molecule has 1 N–H and O–H groups in total. The van der Waals surface area contributed by atoms with E-state index >= 15 is 0 Å². The fourth-order valence-electron chi connectivity index (χ4n) is 3.22. The van der Waals surface area contributed by atoms with Gasteiger partial charge in [0.2, 0.25) is 0 Å². The zero-order valence-corrected chi connectivity index (χ0v) is 18.7.